The van der Waals surface area contributed by atoms with Gasteiger partial charge in [0, 0.05) is 0 Å². The first-order valence-corrected chi connectivity index (χ1v) is 14.5. The van der Waals surface area contributed by atoms with Crippen LogP contribution in [0.15, 0.2) is 42.0 Å². The molecule has 1 aromatic carbocycles. The second kappa shape index (κ2) is 9.11. The Labute approximate surface area is 220 Å². The van der Waals surface area contributed by atoms with Crippen LogP contribution in [0.4, 0.5) is 13.2 Å². The molecular formula is C32H45F3O2. The number of hydrogen-bond acceptors (Lipinski definition) is 2. The van der Waals surface area contributed by atoms with Crippen molar-refractivity contribution in [1.82, 2.24) is 0 Å². The predicted molar refractivity (Wildman–Crippen MR) is 141 cm³/mol. The average molecular weight is 519 g/mol. The van der Waals surface area contributed by atoms with Crippen molar-refractivity contribution in [2.75, 3.05) is 0 Å². The van der Waals surface area contributed by atoms with Crippen LogP contribution in [-0.4, -0.2) is 22.0 Å². The lowest BCUT2D eigenvalue weighted by atomic mass is 9.46. The highest BCUT2D eigenvalue weighted by Gasteiger charge is 2.60. The Balaban J connectivity index is 1.32. The fourth-order valence-corrected chi connectivity index (χ4v) is 9.58. The number of aliphatic hydroxyl groups is 2. The van der Waals surface area contributed by atoms with Gasteiger partial charge in [-0.25, -0.2) is 0 Å². The third-order valence-corrected chi connectivity index (χ3v) is 11.8. The minimum atomic E-state index is -4.71. The van der Waals surface area contributed by atoms with Crippen LogP contribution in [0.25, 0.3) is 0 Å². The van der Waals surface area contributed by atoms with Gasteiger partial charge in [-0.1, -0.05) is 62.8 Å². The van der Waals surface area contributed by atoms with E-state index in [-0.39, 0.29) is 28.7 Å². The van der Waals surface area contributed by atoms with Crippen LogP contribution in [-0.2, 0) is 5.60 Å². The molecule has 5 heteroatoms. The smallest absolute Gasteiger partial charge is 0.390 e. The highest BCUT2D eigenvalue weighted by atomic mass is 19.4. The van der Waals surface area contributed by atoms with Crippen molar-refractivity contribution in [3.8, 4) is 0 Å². The van der Waals surface area contributed by atoms with E-state index in [0.717, 1.165) is 44.9 Å². The Kier molecular flexibility index (Phi) is 6.71. The number of allylic oxidation sites excluding steroid dienone is 1. The Bertz CT molecular complexity index is 1020. The van der Waals surface area contributed by atoms with Crippen molar-refractivity contribution in [3.05, 3.63) is 47.5 Å². The second-order valence-electron chi connectivity index (χ2n) is 13.9. The van der Waals surface area contributed by atoms with E-state index in [4.69, 9.17) is 0 Å². The first kappa shape index (κ1) is 27.2. The zero-order valence-corrected chi connectivity index (χ0v) is 23.0. The Morgan fingerprint density at radius 1 is 0.973 bits per heavy atom. The maximum atomic E-state index is 14.1. The van der Waals surface area contributed by atoms with Gasteiger partial charge in [0.05, 0.1) is 5.60 Å². The summed E-state index contributed by atoms with van der Waals surface area (Å²) in [5.74, 6) is 2.39. The lowest BCUT2D eigenvalue weighted by Gasteiger charge is -2.59. The van der Waals surface area contributed by atoms with Gasteiger partial charge in [-0.3, -0.25) is 0 Å². The number of fused-ring (bicyclic) bond motifs is 5. The van der Waals surface area contributed by atoms with Gasteiger partial charge < -0.3 is 10.2 Å². The maximum absolute atomic E-state index is 14.1. The highest BCUT2D eigenvalue weighted by molar-refractivity contribution is 5.27. The second-order valence-corrected chi connectivity index (χ2v) is 13.9. The maximum Gasteiger partial charge on any atom is 0.421 e. The monoisotopic (exact) mass is 518 g/mol. The van der Waals surface area contributed by atoms with Crippen LogP contribution in [0.1, 0.15) is 97.5 Å². The van der Waals surface area contributed by atoms with Gasteiger partial charge in [0.25, 0.3) is 0 Å². The summed E-state index contributed by atoms with van der Waals surface area (Å²) in [7, 11) is 0. The molecule has 0 aliphatic heterocycles. The molecule has 2 N–H and O–H groups in total. The SMILES string of the molecule is C[C@H](CCC(O)(c1ccccc1)C(F)(F)F)C1CCC2C3CC=C4C[C@@](C)(O)CCC4(C)C3CCC21C. The fourth-order valence-electron chi connectivity index (χ4n) is 9.58. The molecule has 0 heterocycles. The molecule has 5 rings (SSSR count). The van der Waals surface area contributed by atoms with Crippen molar-refractivity contribution in [2.45, 2.75) is 109 Å². The number of hydrogen-bond donors (Lipinski definition) is 2. The van der Waals surface area contributed by atoms with Crippen molar-refractivity contribution < 1.29 is 23.4 Å². The molecule has 0 aromatic heterocycles. The molecule has 4 aliphatic rings. The molecule has 3 fully saturated rings. The summed E-state index contributed by atoms with van der Waals surface area (Å²) in [5, 5.41) is 21.6. The lowest BCUT2D eigenvalue weighted by molar-refractivity contribution is -0.270. The minimum Gasteiger partial charge on any atom is -0.390 e. The van der Waals surface area contributed by atoms with E-state index in [2.05, 4.69) is 26.8 Å². The van der Waals surface area contributed by atoms with Crippen molar-refractivity contribution >= 4 is 0 Å². The van der Waals surface area contributed by atoms with Crippen LogP contribution in [0.3, 0.4) is 0 Å². The summed E-state index contributed by atoms with van der Waals surface area (Å²) in [6, 6.07) is 7.59. The van der Waals surface area contributed by atoms with Gasteiger partial charge in [-0.05, 0) is 117 Å². The average Bonchev–Trinajstić information content (AvgIpc) is 3.20. The molecule has 0 radical (unpaired) electrons. The quantitative estimate of drug-likeness (QED) is 0.386. The van der Waals surface area contributed by atoms with E-state index >= 15 is 0 Å². The third-order valence-electron chi connectivity index (χ3n) is 11.8. The largest absolute Gasteiger partial charge is 0.421 e. The van der Waals surface area contributed by atoms with Crippen LogP contribution in [0.2, 0.25) is 0 Å². The Morgan fingerprint density at radius 2 is 1.68 bits per heavy atom. The first-order valence-electron chi connectivity index (χ1n) is 14.5. The molecular weight excluding hydrogens is 473 g/mol. The lowest BCUT2D eigenvalue weighted by Crippen LogP contribution is -2.52. The van der Waals surface area contributed by atoms with Crippen molar-refractivity contribution in [1.29, 1.82) is 0 Å². The van der Waals surface area contributed by atoms with Gasteiger partial charge in [0.2, 0.25) is 0 Å². The van der Waals surface area contributed by atoms with E-state index in [1.807, 2.05) is 6.92 Å². The van der Waals surface area contributed by atoms with Crippen LogP contribution in [0.5, 0.6) is 0 Å². The zero-order chi connectivity index (χ0) is 26.9. The van der Waals surface area contributed by atoms with E-state index in [9.17, 15) is 23.4 Å². The predicted octanol–water partition coefficient (Wildman–Crippen LogP) is 8.18. The van der Waals surface area contributed by atoms with Crippen LogP contribution in [0, 0.1) is 40.4 Å². The van der Waals surface area contributed by atoms with E-state index in [1.54, 1.807) is 18.2 Å². The molecule has 0 saturated heterocycles. The van der Waals surface area contributed by atoms with Gasteiger partial charge in [0.15, 0.2) is 5.60 Å². The molecule has 37 heavy (non-hydrogen) atoms. The van der Waals surface area contributed by atoms with Crippen LogP contribution < -0.4 is 0 Å². The molecule has 0 amide bonds. The third kappa shape index (κ3) is 4.40. The van der Waals surface area contributed by atoms with Crippen molar-refractivity contribution in [2.24, 2.45) is 40.4 Å². The zero-order valence-electron chi connectivity index (χ0n) is 23.0. The highest BCUT2D eigenvalue weighted by Crippen LogP contribution is 2.68. The summed E-state index contributed by atoms with van der Waals surface area (Å²) in [4.78, 5) is 0. The molecule has 206 valence electrons. The van der Waals surface area contributed by atoms with Gasteiger partial charge in [0.1, 0.15) is 0 Å². The van der Waals surface area contributed by atoms with E-state index in [0.29, 0.717) is 30.1 Å². The summed E-state index contributed by atoms with van der Waals surface area (Å²) in [6.07, 6.45) is 6.12. The van der Waals surface area contributed by atoms with Crippen molar-refractivity contribution in [3.63, 3.8) is 0 Å². The summed E-state index contributed by atoms with van der Waals surface area (Å²) in [5.41, 5.74) is -1.67. The van der Waals surface area contributed by atoms with Gasteiger partial charge >= 0.3 is 6.18 Å². The number of benzene rings is 1. The number of alkyl halides is 3. The molecule has 4 aliphatic carbocycles. The summed E-state index contributed by atoms with van der Waals surface area (Å²) >= 11 is 0. The molecule has 2 nitrogen and oxygen atoms in total. The van der Waals surface area contributed by atoms with E-state index < -0.39 is 17.4 Å². The number of rotatable bonds is 5. The molecule has 7 unspecified atom stereocenters. The molecule has 0 spiro atoms. The summed E-state index contributed by atoms with van der Waals surface area (Å²) < 4.78 is 42.3. The van der Waals surface area contributed by atoms with E-state index in [1.165, 1.54) is 24.1 Å². The summed E-state index contributed by atoms with van der Waals surface area (Å²) in [6.45, 7) is 8.94. The molecule has 9 atom stereocenters. The van der Waals surface area contributed by atoms with Gasteiger partial charge in [-0.15, -0.1) is 0 Å². The van der Waals surface area contributed by atoms with Gasteiger partial charge in [-0.2, -0.15) is 13.2 Å². The minimum absolute atomic E-state index is 0.0600. The first-order chi connectivity index (χ1) is 17.2. The topological polar surface area (TPSA) is 40.5 Å². The normalized spacial score (nSPS) is 42.1. The Morgan fingerprint density at radius 3 is 2.35 bits per heavy atom. The van der Waals surface area contributed by atoms with Crippen LogP contribution >= 0.6 is 0 Å². The molecule has 1 aromatic rings. The number of halogens is 3. The Hall–Kier alpha value is -1.33. The standard InChI is InChI=1S/C32H45F3O2/c1-21(14-17-31(37,32(33,34)35)22-8-6-5-7-9-22)25-12-13-26-24-11-10-23-20-28(2,36)18-19-29(23,3)27(24)15-16-30(25,26)4/h5-10,21,24-27,36-37H,11-20H2,1-4H3/t21-,24?,25?,26?,27?,28+,29?,30?,31?/m1/s1. The molecule has 3 saturated carbocycles. The molecule has 0 bridgehead atoms. The fraction of sp³-hybridized carbons (Fsp3) is 0.750.